The van der Waals surface area contributed by atoms with Crippen LogP contribution in [0.15, 0.2) is 0 Å². The maximum Gasteiger partial charge on any atom is 0.222 e. The van der Waals surface area contributed by atoms with Crippen molar-refractivity contribution in [1.29, 1.82) is 5.26 Å². The third-order valence-corrected chi connectivity index (χ3v) is 1.84. The molecule has 0 aromatic carbocycles. The molecule has 0 aromatic heterocycles. The second-order valence-electron chi connectivity index (χ2n) is 3.02. The summed E-state index contributed by atoms with van der Waals surface area (Å²) in [6, 6.07) is 2.03. The molecule has 4 nitrogen and oxygen atoms in total. The molecule has 2 N–H and O–H groups in total. The van der Waals surface area contributed by atoms with Gasteiger partial charge in [-0.25, -0.2) is 0 Å². The summed E-state index contributed by atoms with van der Waals surface area (Å²) in [4.78, 5) is 11.1. The molecular formula is C8H13N3O. The summed E-state index contributed by atoms with van der Waals surface area (Å²) in [6.07, 6.45) is 2.43. The lowest BCUT2D eigenvalue weighted by molar-refractivity contribution is -0.121. The summed E-state index contributed by atoms with van der Waals surface area (Å²) in [7, 11) is 1.68. The van der Waals surface area contributed by atoms with Crippen LogP contribution in [0.5, 0.6) is 0 Å². The van der Waals surface area contributed by atoms with E-state index in [1.165, 1.54) is 0 Å². The van der Waals surface area contributed by atoms with E-state index in [9.17, 15) is 4.79 Å². The smallest absolute Gasteiger partial charge is 0.222 e. The van der Waals surface area contributed by atoms with Crippen LogP contribution < -0.4 is 10.6 Å². The predicted molar refractivity (Wildman–Crippen MR) is 44.2 cm³/mol. The molecule has 1 saturated carbocycles. The molecule has 1 aliphatic carbocycles. The Labute approximate surface area is 71.9 Å². The largest absolute Gasteiger partial charge is 0.353 e. The summed E-state index contributed by atoms with van der Waals surface area (Å²) >= 11 is 0. The van der Waals surface area contributed by atoms with Crippen LogP contribution in [0.2, 0.25) is 0 Å². The van der Waals surface area contributed by atoms with Crippen molar-refractivity contribution in [2.45, 2.75) is 31.3 Å². The predicted octanol–water partition coefficient (Wildman–Crippen LogP) is -0.233. The molecule has 66 valence electrons. The average Bonchev–Trinajstić information content (AvgIpc) is 2.84. The van der Waals surface area contributed by atoms with Gasteiger partial charge in [-0.3, -0.25) is 4.79 Å². The fourth-order valence-electron chi connectivity index (χ4n) is 0.912. The van der Waals surface area contributed by atoms with Crippen molar-refractivity contribution in [3.63, 3.8) is 0 Å². The van der Waals surface area contributed by atoms with Gasteiger partial charge < -0.3 is 10.6 Å². The fourth-order valence-corrected chi connectivity index (χ4v) is 0.912. The second kappa shape index (κ2) is 4.07. The zero-order chi connectivity index (χ0) is 8.97. The van der Waals surface area contributed by atoms with Crippen molar-refractivity contribution in [3.05, 3.63) is 0 Å². The lowest BCUT2D eigenvalue weighted by Crippen LogP contribution is -2.33. The number of carbonyl (C=O) groups excluding carboxylic acids is 1. The van der Waals surface area contributed by atoms with E-state index < -0.39 is 0 Å². The molecule has 12 heavy (non-hydrogen) atoms. The number of nitriles is 1. The van der Waals surface area contributed by atoms with Crippen LogP contribution in [-0.2, 0) is 4.79 Å². The van der Waals surface area contributed by atoms with Gasteiger partial charge in [-0.05, 0) is 19.9 Å². The Balaban J connectivity index is 2.19. The first-order chi connectivity index (χ1) is 5.76. The Morgan fingerprint density at radius 1 is 1.75 bits per heavy atom. The summed E-state index contributed by atoms with van der Waals surface area (Å²) < 4.78 is 0. The van der Waals surface area contributed by atoms with E-state index in [2.05, 4.69) is 10.6 Å². The molecule has 1 amide bonds. The standard InChI is InChI=1S/C8H13N3O/c1-10-7(5-9)4-8(12)11-6-2-3-6/h6-7,10H,2-4H2,1H3,(H,11,12). The normalized spacial score (nSPS) is 18.0. The molecule has 0 heterocycles. The molecule has 1 fully saturated rings. The monoisotopic (exact) mass is 167 g/mol. The Morgan fingerprint density at radius 3 is 2.83 bits per heavy atom. The van der Waals surface area contributed by atoms with Crippen molar-refractivity contribution in [2.75, 3.05) is 7.05 Å². The van der Waals surface area contributed by atoms with Crippen LogP contribution in [-0.4, -0.2) is 25.0 Å². The highest BCUT2D eigenvalue weighted by molar-refractivity contribution is 5.77. The molecule has 1 aliphatic rings. The first kappa shape index (κ1) is 9.01. The third kappa shape index (κ3) is 2.89. The van der Waals surface area contributed by atoms with Crippen molar-refractivity contribution >= 4 is 5.91 Å². The second-order valence-corrected chi connectivity index (χ2v) is 3.02. The van der Waals surface area contributed by atoms with Crippen LogP contribution in [0.3, 0.4) is 0 Å². The van der Waals surface area contributed by atoms with Crippen molar-refractivity contribution in [3.8, 4) is 6.07 Å². The number of nitrogens with zero attached hydrogens (tertiary/aromatic N) is 1. The number of nitrogens with one attached hydrogen (secondary N) is 2. The van der Waals surface area contributed by atoms with Crippen LogP contribution in [0.25, 0.3) is 0 Å². The highest BCUT2D eigenvalue weighted by Crippen LogP contribution is 2.18. The minimum atomic E-state index is -0.358. The van der Waals surface area contributed by atoms with E-state index in [0.717, 1.165) is 12.8 Å². The lowest BCUT2D eigenvalue weighted by Gasteiger charge is -2.06. The SMILES string of the molecule is CNC(C#N)CC(=O)NC1CC1. The van der Waals surface area contributed by atoms with Crippen LogP contribution >= 0.6 is 0 Å². The number of hydrogen-bond acceptors (Lipinski definition) is 3. The van der Waals surface area contributed by atoms with E-state index in [0.29, 0.717) is 6.04 Å². The molecule has 1 rings (SSSR count). The molecule has 0 saturated heterocycles. The number of carbonyl (C=O) groups is 1. The van der Waals surface area contributed by atoms with Gasteiger partial charge in [0.05, 0.1) is 12.5 Å². The Morgan fingerprint density at radius 2 is 2.42 bits per heavy atom. The summed E-state index contributed by atoms with van der Waals surface area (Å²) in [6.45, 7) is 0. The van der Waals surface area contributed by atoms with E-state index in [1.807, 2.05) is 6.07 Å². The van der Waals surface area contributed by atoms with Crippen LogP contribution in [0.1, 0.15) is 19.3 Å². The van der Waals surface area contributed by atoms with E-state index >= 15 is 0 Å². The molecule has 0 spiro atoms. The number of hydrogen-bond donors (Lipinski definition) is 2. The van der Waals surface area contributed by atoms with Gasteiger partial charge in [-0.2, -0.15) is 5.26 Å². The molecule has 1 unspecified atom stereocenters. The van der Waals surface area contributed by atoms with Crippen molar-refractivity contribution in [2.24, 2.45) is 0 Å². The number of rotatable bonds is 4. The van der Waals surface area contributed by atoms with Gasteiger partial charge in [0, 0.05) is 6.04 Å². The molecular weight excluding hydrogens is 154 g/mol. The first-order valence-corrected chi connectivity index (χ1v) is 4.12. The molecule has 0 aromatic rings. The van der Waals surface area contributed by atoms with Crippen LogP contribution in [0.4, 0.5) is 0 Å². The highest BCUT2D eigenvalue weighted by Gasteiger charge is 2.24. The minimum absolute atomic E-state index is 0.0293. The molecule has 4 heteroatoms. The maximum atomic E-state index is 11.1. The van der Waals surface area contributed by atoms with E-state index in [1.54, 1.807) is 7.05 Å². The Hall–Kier alpha value is -1.08. The molecule has 0 radical (unpaired) electrons. The van der Waals surface area contributed by atoms with Gasteiger partial charge >= 0.3 is 0 Å². The fraction of sp³-hybridized carbons (Fsp3) is 0.750. The van der Waals surface area contributed by atoms with Crippen molar-refractivity contribution in [1.82, 2.24) is 10.6 Å². The van der Waals surface area contributed by atoms with Gasteiger partial charge in [-0.15, -0.1) is 0 Å². The van der Waals surface area contributed by atoms with E-state index in [4.69, 9.17) is 5.26 Å². The van der Waals surface area contributed by atoms with Gasteiger partial charge in [0.25, 0.3) is 0 Å². The third-order valence-electron chi connectivity index (χ3n) is 1.84. The van der Waals surface area contributed by atoms with Gasteiger partial charge in [0.2, 0.25) is 5.91 Å². The quantitative estimate of drug-likeness (QED) is 0.607. The van der Waals surface area contributed by atoms with E-state index in [-0.39, 0.29) is 18.4 Å². The molecule has 0 bridgehead atoms. The summed E-state index contributed by atoms with van der Waals surface area (Å²) in [5.74, 6) is -0.0293. The number of amides is 1. The summed E-state index contributed by atoms with van der Waals surface area (Å²) in [5.41, 5.74) is 0. The average molecular weight is 167 g/mol. The zero-order valence-corrected chi connectivity index (χ0v) is 7.13. The minimum Gasteiger partial charge on any atom is -0.353 e. The highest BCUT2D eigenvalue weighted by atomic mass is 16.1. The van der Waals surface area contributed by atoms with Gasteiger partial charge in [-0.1, -0.05) is 0 Å². The molecule has 0 aliphatic heterocycles. The zero-order valence-electron chi connectivity index (χ0n) is 7.13. The van der Waals surface area contributed by atoms with Gasteiger partial charge in [0.15, 0.2) is 0 Å². The topological polar surface area (TPSA) is 64.9 Å². The van der Waals surface area contributed by atoms with Gasteiger partial charge in [0.1, 0.15) is 6.04 Å². The first-order valence-electron chi connectivity index (χ1n) is 4.12. The maximum absolute atomic E-state index is 11.1. The summed E-state index contributed by atoms with van der Waals surface area (Å²) in [5, 5.41) is 14.1. The van der Waals surface area contributed by atoms with Crippen molar-refractivity contribution < 1.29 is 4.79 Å². The lowest BCUT2D eigenvalue weighted by atomic mass is 10.2. The Bertz CT molecular complexity index is 205. The Kier molecular flexibility index (Phi) is 3.06. The van der Waals surface area contributed by atoms with Crippen LogP contribution in [0, 0.1) is 11.3 Å². The molecule has 1 atom stereocenters.